The molecule has 1 amide bonds. The zero-order chi connectivity index (χ0) is 18.8. The van der Waals surface area contributed by atoms with Gasteiger partial charge in [0.2, 0.25) is 0 Å². The average molecular weight is 378 g/mol. The second-order valence-electron chi connectivity index (χ2n) is 6.99. The van der Waals surface area contributed by atoms with E-state index >= 15 is 0 Å². The van der Waals surface area contributed by atoms with Crippen LogP contribution in [0.3, 0.4) is 0 Å². The first-order valence-electron chi connectivity index (χ1n) is 9.31. The minimum Gasteiger partial charge on any atom is -0.372 e. The van der Waals surface area contributed by atoms with Gasteiger partial charge in [-0.05, 0) is 79.4 Å². The van der Waals surface area contributed by atoms with E-state index in [1.54, 1.807) is 0 Å². The molecule has 0 aromatic heterocycles. The van der Waals surface area contributed by atoms with E-state index in [9.17, 15) is 4.79 Å². The van der Waals surface area contributed by atoms with Gasteiger partial charge in [-0.2, -0.15) is 0 Å². The first kappa shape index (κ1) is 17.9. The summed E-state index contributed by atoms with van der Waals surface area (Å²) < 4.78 is 0. The minimum atomic E-state index is -0.0901. The number of hydrogen-bond acceptors (Lipinski definition) is 4. The molecule has 0 aliphatic carbocycles. The van der Waals surface area contributed by atoms with E-state index in [1.165, 1.54) is 35.9 Å². The largest absolute Gasteiger partial charge is 0.372 e. The highest BCUT2D eigenvalue weighted by atomic mass is 32.2. The normalized spacial score (nSPS) is 19.9. The zero-order valence-electron chi connectivity index (χ0n) is 15.7. The van der Waals surface area contributed by atoms with Gasteiger partial charge in [0.25, 0.3) is 5.91 Å². The maximum atomic E-state index is 12.3. The van der Waals surface area contributed by atoms with Crippen molar-refractivity contribution < 1.29 is 4.79 Å². The van der Waals surface area contributed by atoms with Gasteiger partial charge < -0.3 is 10.2 Å². The van der Waals surface area contributed by atoms with Crippen molar-refractivity contribution in [3.63, 3.8) is 0 Å². The molecule has 0 spiro atoms. The van der Waals surface area contributed by atoms with E-state index < -0.39 is 0 Å². The monoisotopic (exact) mass is 377 g/mol. The molecular formula is C22H23N3OS. The third-order valence-electron chi connectivity index (χ3n) is 5.11. The van der Waals surface area contributed by atoms with E-state index in [0.717, 1.165) is 29.9 Å². The van der Waals surface area contributed by atoms with Crippen molar-refractivity contribution in [3.05, 3.63) is 64.1 Å². The fourth-order valence-electron chi connectivity index (χ4n) is 3.35. The van der Waals surface area contributed by atoms with Crippen LogP contribution in [0.5, 0.6) is 0 Å². The Morgan fingerprint density at radius 3 is 2.56 bits per heavy atom. The van der Waals surface area contributed by atoms with Gasteiger partial charge in [0, 0.05) is 18.8 Å². The molecule has 2 aromatic rings. The molecule has 27 heavy (non-hydrogen) atoms. The second-order valence-corrected chi connectivity index (χ2v) is 8.02. The lowest BCUT2D eigenvalue weighted by molar-refractivity contribution is -0.115. The molecular weight excluding hydrogens is 354 g/mol. The van der Waals surface area contributed by atoms with Gasteiger partial charge >= 0.3 is 0 Å². The summed E-state index contributed by atoms with van der Waals surface area (Å²) in [6, 6.07) is 14.5. The zero-order valence-corrected chi connectivity index (χ0v) is 16.5. The number of hydrogen-bond donors (Lipinski definition) is 1. The van der Waals surface area contributed by atoms with Crippen LogP contribution in [-0.2, 0) is 4.79 Å². The first-order chi connectivity index (χ1) is 13.1. The molecule has 2 fully saturated rings. The van der Waals surface area contributed by atoms with Crippen LogP contribution in [0, 0.1) is 13.8 Å². The molecule has 0 saturated carbocycles. The van der Waals surface area contributed by atoms with E-state index in [4.69, 9.17) is 0 Å². The fraction of sp³-hybridized carbons (Fsp3) is 0.273. The lowest BCUT2D eigenvalue weighted by Gasteiger charge is -2.17. The van der Waals surface area contributed by atoms with Gasteiger partial charge in [-0.1, -0.05) is 24.3 Å². The Kier molecular flexibility index (Phi) is 5.03. The van der Waals surface area contributed by atoms with Crippen molar-refractivity contribution >= 4 is 40.3 Å². The lowest BCUT2D eigenvalue weighted by atomic mass is 10.1. The Balaban J connectivity index is 1.52. The van der Waals surface area contributed by atoms with Crippen molar-refractivity contribution in [2.75, 3.05) is 18.0 Å². The fourth-order valence-corrected chi connectivity index (χ4v) is 4.19. The number of thioether (sulfide) groups is 1. The van der Waals surface area contributed by atoms with Crippen LogP contribution in [0.25, 0.3) is 6.08 Å². The van der Waals surface area contributed by atoms with Crippen LogP contribution >= 0.6 is 11.8 Å². The van der Waals surface area contributed by atoms with Gasteiger partial charge in [0.15, 0.2) is 5.17 Å². The van der Waals surface area contributed by atoms with Crippen LogP contribution in [0.15, 0.2) is 52.4 Å². The molecule has 2 saturated heterocycles. The van der Waals surface area contributed by atoms with Crippen molar-refractivity contribution in [2.24, 2.45) is 4.99 Å². The number of aryl methyl sites for hydroxylation is 1. The van der Waals surface area contributed by atoms with E-state index in [2.05, 4.69) is 59.4 Å². The first-order valence-corrected chi connectivity index (χ1v) is 10.1. The molecule has 138 valence electrons. The molecule has 0 atom stereocenters. The van der Waals surface area contributed by atoms with Crippen molar-refractivity contribution in [1.29, 1.82) is 0 Å². The van der Waals surface area contributed by atoms with Crippen LogP contribution in [0.4, 0.5) is 11.4 Å². The number of amidine groups is 1. The van der Waals surface area contributed by atoms with E-state index in [0.29, 0.717) is 10.1 Å². The number of nitrogens with zero attached hydrogens (tertiary/aromatic N) is 2. The number of aliphatic imine (C=N–C) groups is 1. The Hall–Kier alpha value is -2.53. The highest BCUT2D eigenvalue weighted by molar-refractivity contribution is 8.18. The molecule has 2 aromatic carbocycles. The van der Waals surface area contributed by atoms with Crippen LogP contribution < -0.4 is 10.2 Å². The molecule has 2 aliphatic rings. The number of carbonyl (C=O) groups is 1. The Morgan fingerprint density at radius 1 is 1.07 bits per heavy atom. The van der Waals surface area contributed by atoms with Crippen LogP contribution in [0.1, 0.15) is 29.5 Å². The number of anilines is 1. The Morgan fingerprint density at radius 2 is 1.81 bits per heavy atom. The van der Waals surface area contributed by atoms with E-state index in [1.807, 2.05) is 18.2 Å². The molecule has 0 bridgehead atoms. The summed E-state index contributed by atoms with van der Waals surface area (Å²) in [6.45, 7) is 6.39. The number of rotatable bonds is 3. The number of amides is 1. The van der Waals surface area contributed by atoms with Crippen LogP contribution in [-0.4, -0.2) is 24.2 Å². The summed E-state index contributed by atoms with van der Waals surface area (Å²) in [5, 5.41) is 3.51. The topological polar surface area (TPSA) is 44.7 Å². The van der Waals surface area contributed by atoms with E-state index in [-0.39, 0.29) is 5.91 Å². The summed E-state index contributed by atoms with van der Waals surface area (Å²) >= 11 is 1.39. The highest BCUT2D eigenvalue weighted by Gasteiger charge is 2.24. The van der Waals surface area contributed by atoms with Crippen LogP contribution in [0.2, 0.25) is 0 Å². The molecule has 2 heterocycles. The summed E-state index contributed by atoms with van der Waals surface area (Å²) in [7, 11) is 0. The minimum absolute atomic E-state index is 0.0901. The number of nitrogens with one attached hydrogen (secondary N) is 1. The summed E-state index contributed by atoms with van der Waals surface area (Å²) in [6.07, 6.45) is 4.47. The molecule has 5 heteroatoms. The maximum Gasteiger partial charge on any atom is 0.264 e. The SMILES string of the molecule is Cc1cccc(N=C2NC(=O)/C(=C/c3ccc(N4CCCC4)cc3)S2)c1C. The quantitative estimate of drug-likeness (QED) is 0.782. The molecule has 2 aliphatic heterocycles. The number of carbonyl (C=O) groups excluding carboxylic acids is 1. The molecule has 0 radical (unpaired) electrons. The standard InChI is InChI=1S/C22H23N3OS/c1-15-6-5-7-19(16(15)2)23-22-24-21(26)20(27-22)14-17-8-10-18(11-9-17)25-12-3-4-13-25/h5-11,14H,3-4,12-13H2,1-2H3,(H,23,24,26)/b20-14-. The third kappa shape index (κ3) is 3.93. The smallest absolute Gasteiger partial charge is 0.264 e. The van der Waals surface area contributed by atoms with Gasteiger partial charge in [-0.3, -0.25) is 4.79 Å². The maximum absolute atomic E-state index is 12.3. The Bertz CT molecular complexity index is 925. The predicted molar refractivity (Wildman–Crippen MR) is 115 cm³/mol. The van der Waals surface area contributed by atoms with Gasteiger partial charge in [-0.25, -0.2) is 4.99 Å². The summed E-state index contributed by atoms with van der Waals surface area (Å²) in [5.74, 6) is -0.0901. The highest BCUT2D eigenvalue weighted by Crippen LogP contribution is 2.30. The molecule has 0 unspecified atom stereocenters. The van der Waals surface area contributed by atoms with Crippen molar-refractivity contribution in [3.8, 4) is 0 Å². The second kappa shape index (κ2) is 7.61. The molecule has 4 nitrogen and oxygen atoms in total. The van der Waals surface area contributed by atoms with Crippen molar-refractivity contribution in [1.82, 2.24) is 5.32 Å². The van der Waals surface area contributed by atoms with Gasteiger partial charge in [0.05, 0.1) is 10.6 Å². The lowest BCUT2D eigenvalue weighted by Crippen LogP contribution is -2.19. The Labute approximate surface area is 164 Å². The third-order valence-corrected chi connectivity index (χ3v) is 6.02. The van der Waals surface area contributed by atoms with Gasteiger partial charge in [0.1, 0.15) is 0 Å². The molecule has 1 N–H and O–H groups in total. The summed E-state index contributed by atoms with van der Waals surface area (Å²) in [4.78, 5) is 20.0. The van der Waals surface area contributed by atoms with Gasteiger partial charge in [-0.15, -0.1) is 0 Å². The summed E-state index contributed by atoms with van der Waals surface area (Å²) in [5.41, 5.74) is 5.52. The molecule has 4 rings (SSSR count). The van der Waals surface area contributed by atoms with Crippen molar-refractivity contribution in [2.45, 2.75) is 26.7 Å². The number of benzene rings is 2. The predicted octanol–water partition coefficient (Wildman–Crippen LogP) is 4.80. The average Bonchev–Trinajstić information content (AvgIpc) is 3.30.